The van der Waals surface area contributed by atoms with Gasteiger partial charge in [0.15, 0.2) is 0 Å². The zero-order chi connectivity index (χ0) is 32.4. The number of hydrogen-bond donors (Lipinski definition) is 3. The molecule has 3 rings (SSSR count). The van der Waals surface area contributed by atoms with E-state index < -0.39 is 23.7 Å². The fourth-order valence-electron chi connectivity index (χ4n) is 4.86. The number of halogens is 1. The highest BCUT2D eigenvalue weighted by Crippen LogP contribution is 2.33. The van der Waals surface area contributed by atoms with Gasteiger partial charge in [-0.2, -0.15) is 0 Å². The molecule has 44 heavy (non-hydrogen) atoms. The monoisotopic (exact) mass is 615 g/mol. The number of aryl methyl sites for hydroxylation is 1. The lowest BCUT2D eigenvalue weighted by molar-refractivity contribution is 0.0421. The number of likely N-dealkylation sites (N-methyl/N-ethyl adjacent to an activating group) is 1. The van der Waals surface area contributed by atoms with Gasteiger partial charge in [0, 0.05) is 48.8 Å². The number of amides is 3. The topological polar surface area (TPSA) is 125 Å². The van der Waals surface area contributed by atoms with Crippen LogP contribution in [0.3, 0.4) is 0 Å². The molecule has 0 radical (unpaired) electrons. The van der Waals surface area contributed by atoms with Gasteiger partial charge in [-0.25, -0.2) is 18.9 Å². The molecule has 3 amide bonds. The number of aromatic amines is 1. The smallest absolute Gasteiger partial charge is 0.416 e. The minimum absolute atomic E-state index is 0.0638. The highest BCUT2D eigenvalue weighted by Gasteiger charge is 2.29. The molecular formula is C32H46FN5O6. The number of H-pyrrole nitrogens is 1. The van der Waals surface area contributed by atoms with Crippen molar-refractivity contribution in [2.75, 3.05) is 64.4 Å². The maximum Gasteiger partial charge on any atom is 0.416 e. The van der Waals surface area contributed by atoms with E-state index in [0.717, 1.165) is 34.8 Å². The molecule has 0 atom stereocenters. The summed E-state index contributed by atoms with van der Waals surface area (Å²) in [5.41, 5.74) is 4.33. The zero-order valence-electron chi connectivity index (χ0n) is 26.9. The van der Waals surface area contributed by atoms with Gasteiger partial charge in [-0.05, 0) is 83.1 Å². The van der Waals surface area contributed by atoms with E-state index in [4.69, 9.17) is 14.2 Å². The maximum atomic E-state index is 13.9. The standard InChI is InChI=1S/C32H46FN5O6/c1-8-37(9-2)13-14-38(31(41)43-17-16-42-15-12-34-30(40)44-32(5,6)7)29(39)28-21(3)27(36-22(28)4)18-23-20-35-26-11-10-24(33)19-25(23)26/h10-11,18-19,35-36H,8-9,12-17,20H2,1-7H3,(H,34,40). The molecule has 0 fully saturated rings. The molecule has 0 bridgehead atoms. The van der Waals surface area contributed by atoms with Crippen LogP contribution in [0.4, 0.5) is 19.7 Å². The first-order valence-electron chi connectivity index (χ1n) is 15.0. The quantitative estimate of drug-likeness (QED) is 0.263. The normalized spacial score (nSPS) is 13.5. The summed E-state index contributed by atoms with van der Waals surface area (Å²) < 4.78 is 30.0. The summed E-state index contributed by atoms with van der Waals surface area (Å²) in [6.45, 7) is 16.2. The number of carbonyl (C=O) groups excluding carboxylic acids is 3. The Kier molecular flexibility index (Phi) is 12.4. The first-order chi connectivity index (χ1) is 20.8. The van der Waals surface area contributed by atoms with Crippen molar-refractivity contribution in [2.45, 2.75) is 54.1 Å². The number of nitrogens with one attached hydrogen (secondary N) is 3. The molecule has 12 heteroatoms. The second kappa shape index (κ2) is 15.7. The Morgan fingerprint density at radius 3 is 2.48 bits per heavy atom. The predicted molar refractivity (Wildman–Crippen MR) is 168 cm³/mol. The van der Waals surface area contributed by atoms with Crippen LogP contribution in [0.15, 0.2) is 18.2 Å². The third-order valence-corrected chi connectivity index (χ3v) is 7.17. The van der Waals surface area contributed by atoms with Crippen molar-refractivity contribution in [1.29, 1.82) is 0 Å². The Morgan fingerprint density at radius 1 is 1.07 bits per heavy atom. The third-order valence-electron chi connectivity index (χ3n) is 7.17. The number of rotatable bonds is 13. The Bertz CT molecular complexity index is 1350. The molecule has 1 aromatic heterocycles. The van der Waals surface area contributed by atoms with Gasteiger partial charge in [0.25, 0.3) is 5.91 Å². The number of carbonyl (C=O) groups is 3. The molecule has 11 nitrogen and oxygen atoms in total. The summed E-state index contributed by atoms with van der Waals surface area (Å²) in [6, 6.07) is 4.61. The maximum absolute atomic E-state index is 13.9. The number of aromatic nitrogens is 1. The van der Waals surface area contributed by atoms with Crippen molar-refractivity contribution < 1.29 is 33.0 Å². The predicted octanol–water partition coefficient (Wildman–Crippen LogP) is 5.20. The average Bonchev–Trinajstić information content (AvgIpc) is 3.47. The van der Waals surface area contributed by atoms with Crippen molar-refractivity contribution in [1.82, 2.24) is 20.1 Å². The summed E-state index contributed by atoms with van der Waals surface area (Å²) in [5, 5.41) is 5.85. The van der Waals surface area contributed by atoms with Gasteiger partial charge in [-0.1, -0.05) is 13.8 Å². The molecular weight excluding hydrogens is 569 g/mol. The second-order valence-corrected chi connectivity index (χ2v) is 11.5. The lowest BCUT2D eigenvalue weighted by Gasteiger charge is -2.25. The Balaban J connectivity index is 1.67. The fourth-order valence-corrected chi connectivity index (χ4v) is 4.86. The van der Waals surface area contributed by atoms with Crippen molar-refractivity contribution in [3.8, 4) is 0 Å². The average molecular weight is 616 g/mol. The van der Waals surface area contributed by atoms with E-state index in [1.165, 1.54) is 12.1 Å². The van der Waals surface area contributed by atoms with Crippen LogP contribution >= 0.6 is 0 Å². The molecule has 1 aliphatic heterocycles. The second-order valence-electron chi connectivity index (χ2n) is 11.5. The lowest BCUT2D eigenvalue weighted by atomic mass is 10.0. The summed E-state index contributed by atoms with van der Waals surface area (Å²) in [7, 11) is 0. The molecule has 0 unspecified atom stereocenters. The molecule has 0 aliphatic carbocycles. The van der Waals surface area contributed by atoms with Crippen molar-refractivity contribution in [3.05, 3.63) is 52.1 Å². The molecule has 2 heterocycles. The number of benzene rings is 1. The summed E-state index contributed by atoms with van der Waals surface area (Å²) in [5.74, 6) is -0.782. The highest BCUT2D eigenvalue weighted by molar-refractivity contribution is 6.05. The Hall–Kier alpha value is -3.90. The van der Waals surface area contributed by atoms with E-state index in [1.807, 2.05) is 26.8 Å². The van der Waals surface area contributed by atoms with Gasteiger partial charge in [-0.15, -0.1) is 0 Å². The molecule has 3 N–H and O–H groups in total. The van der Waals surface area contributed by atoms with Gasteiger partial charge >= 0.3 is 12.2 Å². The van der Waals surface area contributed by atoms with Gasteiger partial charge in [0.1, 0.15) is 18.0 Å². The van der Waals surface area contributed by atoms with Gasteiger partial charge in [-0.3, -0.25) is 4.79 Å². The SMILES string of the molecule is CCN(CC)CCN(C(=O)OCCOCCNC(=O)OC(C)(C)C)C(=O)c1c(C)[nH]c(C=C2CNc3ccc(F)cc32)c1C. The number of anilines is 1. The molecule has 0 saturated carbocycles. The van der Waals surface area contributed by atoms with Crippen LogP contribution in [0.1, 0.15) is 67.5 Å². The largest absolute Gasteiger partial charge is 0.447 e. The van der Waals surface area contributed by atoms with Crippen molar-refractivity contribution >= 4 is 35.4 Å². The minimum Gasteiger partial charge on any atom is -0.447 e. The summed E-state index contributed by atoms with van der Waals surface area (Å²) in [4.78, 5) is 45.3. The first kappa shape index (κ1) is 34.6. The van der Waals surface area contributed by atoms with Crippen LogP contribution in [-0.2, 0) is 14.2 Å². The Labute approximate surface area is 259 Å². The number of ether oxygens (including phenoxy) is 3. The molecule has 0 saturated heterocycles. The molecule has 1 aromatic carbocycles. The van der Waals surface area contributed by atoms with E-state index in [0.29, 0.717) is 35.6 Å². The molecule has 1 aliphatic rings. The van der Waals surface area contributed by atoms with Crippen LogP contribution in [-0.4, -0.2) is 97.6 Å². The number of hydrogen-bond acceptors (Lipinski definition) is 8. The molecule has 0 spiro atoms. The van der Waals surface area contributed by atoms with E-state index >= 15 is 0 Å². The number of fused-ring (bicyclic) bond motifs is 1. The lowest BCUT2D eigenvalue weighted by Crippen LogP contribution is -2.43. The van der Waals surface area contributed by atoms with E-state index in [1.54, 1.807) is 33.8 Å². The summed E-state index contributed by atoms with van der Waals surface area (Å²) in [6.07, 6.45) is 0.607. The fraction of sp³-hybridized carbons (Fsp3) is 0.531. The van der Waals surface area contributed by atoms with Crippen LogP contribution in [0.25, 0.3) is 11.6 Å². The Morgan fingerprint density at radius 2 is 1.80 bits per heavy atom. The number of nitrogens with zero attached hydrogens (tertiary/aromatic N) is 2. The first-order valence-corrected chi connectivity index (χ1v) is 15.0. The molecule has 2 aromatic rings. The van der Waals surface area contributed by atoms with Crippen LogP contribution in [0.5, 0.6) is 0 Å². The summed E-state index contributed by atoms with van der Waals surface area (Å²) >= 11 is 0. The number of imide groups is 1. The van der Waals surface area contributed by atoms with Crippen molar-refractivity contribution in [2.24, 2.45) is 0 Å². The van der Waals surface area contributed by atoms with Crippen LogP contribution in [0, 0.1) is 19.7 Å². The van der Waals surface area contributed by atoms with E-state index in [9.17, 15) is 18.8 Å². The van der Waals surface area contributed by atoms with Gasteiger partial charge < -0.3 is 34.7 Å². The van der Waals surface area contributed by atoms with Gasteiger partial charge in [0.2, 0.25) is 0 Å². The van der Waals surface area contributed by atoms with Crippen molar-refractivity contribution in [3.63, 3.8) is 0 Å². The van der Waals surface area contributed by atoms with E-state index in [2.05, 4.69) is 20.5 Å². The third kappa shape index (κ3) is 9.55. The zero-order valence-corrected chi connectivity index (χ0v) is 26.9. The van der Waals surface area contributed by atoms with Crippen LogP contribution in [0.2, 0.25) is 0 Å². The minimum atomic E-state index is -0.762. The number of alkyl carbamates (subject to hydrolysis) is 1. The van der Waals surface area contributed by atoms with Crippen LogP contribution < -0.4 is 10.6 Å². The van der Waals surface area contributed by atoms with Gasteiger partial charge in [0.05, 0.1) is 18.8 Å². The highest BCUT2D eigenvalue weighted by atomic mass is 19.1. The molecule has 242 valence electrons. The van der Waals surface area contributed by atoms with E-state index in [-0.39, 0.29) is 38.7 Å².